The topological polar surface area (TPSA) is 107 Å². The lowest BCUT2D eigenvalue weighted by Gasteiger charge is -2.40. The predicted molar refractivity (Wildman–Crippen MR) is 198 cm³/mol. The predicted octanol–water partition coefficient (Wildman–Crippen LogP) is 8.14. The first kappa shape index (κ1) is 38.6. The van der Waals surface area contributed by atoms with Gasteiger partial charge in [-0.3, -0.25) is 9.59 Å². The molecule has 0 bridgehead atoms. The number of hydrogen-bond acceptors (Lipinski definition) is 7. The van der Waals surface area contributed by atoms with Crippen molar-refractivity contribution in [1.82, 2.24) is 5.06 Å². The second-order valence-electron chi connectivity index (χ2n) is 15.1. The Morgan fingerprint density at radius 2 is 1.52 bits per heavy atom. The van der Waals surface area contributed by atoms with Crippen LogP contribution in [0, 0.1) is 0 Å². The van der Waals surface area contributed by atoms with Gasteiger partial charge in [0.05, 0.1) is 0 Å². The molecular weight excluding hydrogens is 699 g/mol. The highest BCUT2D eigenvalue weighted by molar-refractivity contribution is 6.01. The maximum atomic E-state index is 12.3. The van der Waals surface area contributed by atoms with Crippen molar-refractivity contribution in [3.8, 4) is 0 Å². The van der Waals surface area contributed by atoms with E-state index in [0.29, 0.717) is 11.5 Å². The lowest BCUT2D eigenvalue weighted by atomic mass is 9.69. The van der Waals surface area contributed by atoms with Gasteiger partial charge >= 0.3 is 18.1 Å². The number of hydroxylamine groups is 2. The smallest absolute Gasteiger partial charge is 0.475 e. The van der Waals surface area contributed by atoms with Crippen molar-refractivity contribution < 1.29 is 42.3 Å². The number of unbranched alkanes of at least 4 members (excludes halogenated alkanes) is 2. The van der Waals surface area contributed by atoms with Crippen LogP contribution in [-0.2, 0) is 47.7 Å². The monoisotopic (exact) mass is 745 g/mol. The fourth-order valence-electron chi connectivity index (χ4n) is 8.30. The highest BCUT2D eigenvalue weighted by Crippen LogP contribution is 2.51. The highest BCUT2D eigenvalue weighted by atomic mass is 19.4. The third kappa shape index (κ3) is 7.61. The molecule has 9 nitrogen and oxygen atoms in total. The number of aryl methyl sites for hydroxylation is 1. The molecule has 0 aromatic heterocycles. The van der Waals surface area contributed by atoms with E-state index in [1.807, 2.05) is 0 Å². The summed E-state index contributed by atoms with van der Waals surface area (Å²) < 4.78 is 31.7. The summed E-state index contributed by atoms with van der Waals surface area (Å²) in [4.78, 5) is 54.8. The molecule has 2 aromatic rings. The lowest BCUT2D eigenvalue weighted by molar-refractivity contribution is -0.197. The van der Waals surface area contributed by atoms with Crippen molar-refractivity contribution in [2.24, 2.45) is 0 Å². The minimum absolute atomic E-state index is 0.0227. The number of carbonyl (C=O) groups is 4. The van der Waals surface area contributed by atoms with Crippen molar-refractivity contribution in [1.29, 1.82) is 0 Å². The van der Waals surface area contributed by atoms with E-state index in [1.54, 1.807) is 0 Å². The van der Waals surface area contributed by atoms with E-state index < -0.39 is 29.9 Å². The summed E-state index contributed by atoms with van der Waals surface area (Å²) in [6, 6.07) is 13.5. The zero-order valence-electron chi connectivity index (χ0n) is 30.9. The van der Waals surface area contributed by atoms with Gasteiger partial charge in [-0.1, -0.05) is 94.3 Å². The fraction of sp³-hybridized carbons (Fsp3) is 0.429. The Labute approximate surface area is 313 Å². The number of hydrogen-bond donors (Lipinski definition) is 1. The summed E-state index contributed by atoms with van der Waals surface area (Å²) in [6.45, 7) is 9.11. The van der Waals surface area contributed by atoms with Gasteiger partial charge in [-0.05, 0) is 66.0 Å². The number of nitrogens with zero attached hydrogens (tertiary/aromatic N) is 3. The lowest BCUT2D eigenvalue weighted by Crippen LogP contribution is -2.33. The molecule has 5 aliphatic heterocycles. The molecule has 286 valence electrons. The zero-order valence-corrected chi connectivity index (χ0v) is 30.9. The van der Waals surface area contributed by atoms with Gasteiger partial charge in [0.25, 0.3) is 11.8 Å². The van der Waals surface area contributed by atoms with E-state index in [1.165, 1.54) is 51.3 Å². The summed E-state index contributed by atoms with van der Waals surface area (Å²) in [5.74, 6) is -4.16. The molecule has 1 unspecified atom stereocenters. The SMILES string of the molecule is CC1(CCCCCC(=O)ON2C(=O)CCC2=O)C(/C=C/C=C/C=C2\N3CCCc4cccc(c43)C2(C)C)=CN2CCc3cccc1c32.O=C(O)C(F)(F)F. The molecular formula is C42H46F3N3O6. The number of carboxylic acids is 1. The van der Waals surface area contributed by atoms with Crippen LogP contribution in [-0.4, -0.2) is 53.2 Å². The third-order valence-electron chi connectivity index (χ3n) is 11.1. The van der Waals surface area contributed by atoms with Gasteiger partial charge in [0.1, 0.15) is 0 Å². The molecule has 1 atom stereocenters. The minimum atomic E-state index is -5.08. The van der Waals surface area contributed by atoms with Gasteiger partial charge in [-0.25, -0.2) is 9.59 Å². The Kier molecular flexibility index (Phi) is 10.9. The van der Waals surface area contributed by atoms with Gasteiger partial charge in [0, 0.05) is 66.5 Å². The quantitative estimate of drug-likeness (QED) is 0.148. The van der Waals surface area contributed by atoms with Crippen LogP contribution in [0.1, 0.15) is 94.4 Å². The number of benzene rings is 2. The maximum Gasteiger partial charge on any atom is 0.490 e. The Morgan fingerprint density at radius 1 is 0.852 bits per heavy atom. The molecule has 7 rings (SSSR count). The number of anilines is 2. The number of para-hydroxylation sites is 2. The van der Waals surface area contributed by atoms with Crippen LogP contribution < -0.4 is 9.80 Å². The first-order valence-electron chi connectivity index (χ1n) is 18.6. The van der Waals surface area contributed by atoms with Crippen LogP contribution in [0.3, 0.4) is 0 Å². The van der Waals surface area contributed by atoms with Crippen LogP contribution >= 0.6 is 0 Å². The van der Waals surface area contributed by atoms with E-state index in [9.17, 15) is 27.6 Å². The number of alkyl halides is 3. The number of amides is 2. The number of imide groups is 1. The highest BCUT2D eigenvalue weighted by Gasteiger charge is 2.42. The molecule has 2 aromatic carbocycles. The summed E-state index contributed by atoms with van der Waals surface area (Å²) in [6.07, 6.45) is 15.6. The largest absolute Gasteiger partial charge is 0.490 e. The van der Waals surface area contributed by atoms with Crippen LogP contribution in [0.15, 0.2) is 84.2 Å². The number of allylic oxidation sites excluding steroid dienone is 7. The summed E-state index contributed by atoms with van der Waals surface area (Å²) in [5, 5.41) is 7.76. The molecule has 5 aliphatic rings. The average Bonchev–Trinajstić information content (AvgIpc) is 3.75. The van der Waals surface area contributed by atoms with Crippen molar-refractivity contribution in [2.45, 2.75) is 102 Å². The van der Waals surface area contributed by atoms with Crippen LogP contribution in [0.4, 0.5) is 24.5 Å². The summed E-state index contributed by atoms with van der Waals surface area (Å²) >= 11 is 0. The van der Waals surface area contributed by atoms with E-state index >= 15 is 0 Å². The molecule has 2 amide bonds. The fourth-order valence-corrected chi connectivity index (χ4v) is 8.30. The summed E-state index contributed by atoms with van der Waals surface area (Å²) in [5.41, 5.74) is 11.0. The van der Waals surface area contributed by atoms with Crippen LogP contribution in [0.25, 0.3) is 0 Å². The second-order valence-corrected chi connectivity index (χ2v) is 15.1. The second kappa shape index (κ2) is 15.3. The molecule has 0 spiro atoms. The number of rotatable bonds is 10. The molecule has 1 N–H and O–H groups in total. The van der Waals surface area contributed by atoms with Gasteiger partial charge in [-0.15, -0.1) is 5.06 Å². The van der Waals surface area contributed by atoms with Crippen molar-refractivity contribution in [3.05, 3.63) is 107 Å². The molecule has 12 heteroatoms. The minimum Gasteiger partial charge on any atom is -0.475 e. The third-order valence-corrected chi connectivity index (χ3v) is 11.1. The molecule has 0 saturated carbocycles. The van der Waals surface area contributed by atoms with Crippen LogP contribution in [0.2, 0.25) is 0 Å². The Bertz CT molecular complexity index is 1950. The maximum absolute atomic E-state index is 12.3. The molecule has 0 aliphatic carbocycles. The van der Waals surface area contributed by atoms with Crippen molar-refractivity contribution in [2.75, 3.05) is 22.9 Å². The number of carbonyl (C=O) groups excluding carboxylic acids is 3. The van der Waals surface area contributed by atoms with E-state index in [4.69, 9.17) is 14.7 Å². The normalized spacial score (nSPS) is 21.8. The molecule has 1 fully saturated rings. The number of carboxylic acid groups (broad SMARTS) is 1. The van der Waals surface area contributed by atoms with Gasteiger partial charge in [0.2, 0.25) is 0 Å². The van der Waals surface area contributed by atoms with E-state index in [2.05, 4.69) is 104 Å². The molecule has 0 radical (unpaired) electrons. The van der Waals surface area contributed by atoms with Gasteiger partial charge in [-0.2, -0.15) is 13.2 Å². The Hall–Kier alpha value is -5.13. The van der Waals surface area contributed by atoms with Crippen LogP contribution in [0.5, 0.6) is 0 Å². The van der Waals surface area contributed by atoms with Crippen molar-refractivity contribution in [3.63, 3.8) is 0 Å². The summed E-state index contributed by atoms with van der Waals surface area (Å²) in [7, 11) is 0. The average molecular weight is 746 g/mol. The molecule has 54 heavy (non-hydrogen) atoms. The van der Waals surface area contributed by atoms with E-state index in [-0.39, 0.29) is 30.1 Å². The van der Waals surface area contributed by atoms with E-state index in [0.717, 1.165) is 45.2 Å². The van der Waals surface area contributed by atoms with Gasteiger partial charge < -0.3 is 19.7 Å². The first-order chi connectivity index (χ1) is 25.6. The first-order valence-corrected chi connectivity index (χ1v) is 18.6. The zero-order chi connectivity index (χ0) is 38.8. The van der Waals surface area contributed by atoms with Crippen molar-refractivity contribution >= 4 is 35.1 Å². The standard InChI is InChI=1S/C40H45N3O4.C2HF3O2/c1-39(2)31-17-10-13-28-15-12-25-42(38(28)31)33(39)19-7-4-6-16-30-27-41-26-23-29-14-11-18-32(37(29)41)40(30,3)24-9-5-8-20-36(46)47-43-34(44)21-22-35(43)45;3-2(4,5)1(6)7/h4,6-7,10-11,13-14,16-19,27H,5,8-9,12,15,20-26H2,1-3H3;(H,6,7)/b7-4+,16-6+,33-19-;. The number of halogens is 3. The Balaban J connectivity index is 0.000000649. The Morgan fingerprint density at radius 3 is 2.20 bits per heavy atom. The van der Waals surface area contributed by atoms with Gasteiger partial charge in [0.15, 0.2) is 0 Å². The molecule has 1 saturated heterocycles. The molecule has 5 heterocycles. The number of aliphatic carboxylic acids is 1.